The molecule has 3 amide bonds. The molecule has 84 valence electrons. The molecule has 0 N–H and O–H groups in total. The molecule has 1 heterocycles. The number of amides is 3. The first-order valence-corrected chi connectivity index (χ1v) is 5.02. The fraction of sp³-hybridized carbons (Fsp3) is 0.700. The molecule has 1 atom stereocenters. The van der Waals surface area contributed by atoms with Gasteiger partial charge in [-0.05, 0) is 5.92 Å². The average molecular weight is 212 g/mol. The van der Waals surface area contributed by atoms with Crippen LogP contribution in [0.1, 0.15) is 20.3 Å². The third-order valence-electron chi connectivity index (χ3n) is 2.57. The maximum atomic E-state index is 11.7. The highest BCUT2D eigenvalue weighted by Gasteiger charge is 2.43. The molecular formula is C10H16N2O3. The minimum atomic E-state index is -0.414. The summed E-state index contributed by atoms with van der Waals surface area (Å²) in [6, 6.07) is -0.719. The summed E-state index contributed by atoms with van der Waals surface area (Å²) in [5.41, 5.74) is 0. The zero-order chi connectivity index (χ0) is 11.6. The second-order valence-corrected chi connectivity index (χ2v) is 4.02. The lowest BCUT2D eigenvalue weighted by molar-refractivity contribution is -0.128. The van der Waals surface area contributed by atoms with Crippen molar-refractivity contribution in [1.82, 2.24) is 9.80 Å². The van der Waals surface area contributed by atoms with E-state index in [-0.39, 0.29) is 24.3 Å². The Morgan fingerprint density at radius 3 is 2.47 bits per heavy atom. The lowest BCUT2D eigenvalue weighted by Gasteiger charge is -2.23. The predicted octanol–water partition coefficient (Wildman–Crippen LogP) is 0.494. The third kappa shape index (κ3) is 2.00. The molecule has 15 heavy (non-hydrogen) atoms. The van der Waals surface area contributed by atoms with Gasteiger partial charge < -0.3 is 9.69 Å². The van der Waals surface area contributed by atoms with Crippen LogP contribution in [0.3, 0.4) is 0 Å². The van der Waals surface area contributed by atoms with Crippen LogP contribution in [0.25, 0.3) is 0 Å². The van der Waals surface area contributed by atoms with Crippen LogP contribution in [0.4, 0.5) is 4.79 Å². The van der Waals surface area contributed by atoms with Gasteiger partial charge in [0.15, 0.2) is 0 Å². The highest BCUT2D eigenvalue weighted by Crippen LogP contribution is 2.22. The Morgan fingerprint density at radius 1 is 1.40 bits per heavy atom. The number of urea groups is 1. The Labute approximate surface area is 89.0 Å². The van der Waals surface area contributed by atoms with Crippen LogP contribution in [0.15, 0.2) is 0 Å². The third-order valence-corrected chi connectivity index (χ3v) is 2.57. The number of carbonyl (C=O) groups excluding carboxylic acids is 3. The molecule has 0 bridgehead atoms. The fourth-order valence-corrected chi connectivity index (χ4v) is 1.81. The number of likely N-dealkylation sites (N-methyl/N-ethyl adjacent to an activating group) is 1. The second kappa shape index (κ2) is 4.42. The molecule has 0 radical (unpaired) electrons. The normalized spacial score (nSPS) is 21.7. The number of carbonyl (C=O) groups is 3. The first-order chi connectivity index (χ1) is 7.00. The van der Waals surface area contributed by atoms with Gasteiger partial charge in [0.05, 0.1) is 0 Å². The van der Waals surface area contributed by atoms with E-state index in [1.165, 1.54) is 11.9 Å². The number of nitrogens with zero attached hydrogens (tertiary/aromatic N) is 2. The number of imide groups is 1. The van der Waals surface area contributed by atoms with E-state index in [9.17, 15) is 14.4 Å². The van der Waals surface area contributed by atoms with E-state index >= 15 is 0 Å². The zero-order valence-corrected chi connectivity index (χ0v) is 9.27. The zero-order valence-electron chi connectivity index (χ0n) is 9.27. The highest BCUT2D eigenvalue weighted by molar-refractivity contribution is 6.04. The first-order valence-electron chi connectivity index (χ1n) is 5.02. The van der Waals surface area contributed by atoms with Gasteiger partial charge in [0.25, 0.3) is 5.91 Å². The van der Waals surface area contributed by atoms with Gasteiger partial charge in [-0.3, -0.25) is 9.69 Å². The fourth-order valence-electron chi connectivity index (χ4n) is 1.81. The predicted molar refractivity (Wildman–Crippen MR) is 54.2 cm³/mol. The molecule has 5 heteroatoms. The van der Waals surface area contributed by atoms with Crippen molar-refractivity contribution < 1.29 is 14.4 Å². The van der Waals surface area contributed by atoms with Gasteiger partial charge in [-0.15, -0.1) is 0 Å². The molecule has 0 aromatic rings. The molecule has 0 saturated carbocycles. The smallest absolute Gasteiger partial charge is 0.312 e. The summed E-state index contributed by atoms with van der Waals surface area (Å²) >= 11 is 0. The van der Waals surface area contributed by atoms with E-state index in [4.69, 9.17) is 0 Å². The number of aldehydes is 1. The van der Waals surface area contributed by atoms with Crippen LogP contribution in [0.5, 0.6) is 0 Å². The summed E-state index contributed by atoms with van der Waals surface area (Å²) in [7, 11) is 1.47. The van der Waals surface area contributed by atoms with E-state index in [0.717, 1.165) is 11.2 Å². The summed E-state index contributed by atoms with van der Waals surface area (Å²) < 4.78 is 0. The van der Waals surface area contributed by atoms with Crippen LogP contribution >= 0.6 is 0 Å². The molecule has 0 aromatic carbocycles. The maximum absolute atomic E-state index is 11.7. The molecular weight excluding hydrogens is 196 g/mol. The van der Waals surface area contributed by atoms with Crippen molar-refractivity contribution in [3.8, 4) is 0 Å². The Balaban J connectivity index is 2.85. The van der Waals surface area contributed by atoms with Crippen molar-refractivity contribution in [3.63, 3.8) is 0 Å². The monoisotopic (exact) mass is 212 g/mol. The van der Waals surface area contributed by atoms with Crippen LogP contribution in [0.2, 0.25) is 0 Å². The van der Waals surface area contributed by atoms with E-state index in [1.807, 2.05) is 13.8 Å². The molecule has 1 rings (SSSR count). The van der Waals surface area contributed by atoms with Gasteiger partial charge in [0, 0.05) is 20.0 Å². The Kier molecular flexibility index (Phi) is 3.44. The highest BCUT2D eigenvalue weighted by atomic mass is 16.2. The summed E-state index contributed by atoms with van der Waals surface area (Å²) in [6.07, 6.45) is 1.03. The number of hydrogen-bond donors (Lipinski definition) is 0. The maximum Gasteiger partial charge on any atom is 0.327 e. The van der Waals surface area contributed by atoms with E-state index < -0.39 is 6.04 Å². The van der Waals surface area contributed by atoms with Gasteiger partial charge in [-0.25, -0.2) is 4.79 Å². The van der Waals surface area contributed by atoms with Gasteiger partial charge >= 0.3 is 6.03 Å². The van der Waals surface area contributed by atoms with Crippen LogP contribution in [0, 0.1) is 5.92 Å². The van der Waals surface area contributed by atoms with Crippen molar-refractivity contribution in [3.05, 3.63) is 0 Å². The van der Waals surface area contributed by atoms with Gasteiger partial charge in [0.2, 0.25) is 0 Å². The van der Waals surface area contributed by atoms with Gasteiger partial charge in [-0.1, -0.05) is 13.8 Å². The standard InChI is InChI=1S/C10H16N2O3/c1-7(2)8-9(14)11(3)10(15)12(8)5-4-6-13/h6-8H,4-5H2,1-3H3. The summed E-state index contributed by atoms with van der Waals surface area (Å²) in [6.45, 7) is 4.10. The van der Waals surface area contributed by atoms with Crippen LogP contribution in [-0.2, 0) is 9.59 Å². The van der Waals surface area contributed by atoms with Crippen LogP contribution in [-0.4, -0.2) is 47.7 Å². The summed E-state index contributed by atoms with van der Waals surface area (Å²) in [4.78, 5) is 36.2. The minimum absolute atomic E-state index is 0.0676. The largest absolute Gasteiger partial charge is 0.327 e. The van der Waals surface area contributed by atoms with Gasteiger partial charge in [-0.2, -0.15) is 0 Å². The molecule has 0 aromatic heterocycles. The number of hydrogen-bond acceptors (Lipinski definition) is 3. The molecule has 1 aliphatic heterocycles. The Bertz CT molecular complexity index is 288. The molecule has 1 unspecified atom stereocenters. The molecule has 5 nitrogen and oxygen atoms in total. The van der Waals surface area contributed by atoms with Crippen molar-refractivity contribution in [2.24, 2.45) is 5.92 Å². The SMILES string of the molecule is CC(C)C1C(=O)N(C)C(=O)N1CCC=O. The van der Waals surface area contributed by atoms with Crippen molar-refractivity contribution in [2.75, 3.05) is 13.6 Å². The van der Waals surface area contributed by atoms with Crippen molar-refractivity contribution in [2.45, 2.75) is 26.3 Å². The summed E-state index contributed by atoms with van der Waals surface area (Å²) in [5.74, 6) is -0.112. The molecule has 0 aliphatic carbocycles. The summed E-state index contributed by atoms with van der Waals surface area (Å²) in [5, 5.41) is 0. The first kappa shape index (κ1) is 11.7. The Hall–Kier alpha value is -1.39. The number of rotatable bonds is 4. The Morgan fingerprint density at radius 2 is 2.00 bits per heavy atom. The van der Waals surface area contributed by atoms with E-state index in [0.29, 0.717) is 6.54 Å². The topological polar surface area (TPSA) is 57.7 Å². The van der Waals surface area contributed by atoms with Crippen LogP contribution < -0.4 is 0 Å². The lowest BCUT2D eigenvalue weighted by Crippen LogP contribution is -2.39. The second-order valence-electron chi connectivity index (χ2n) is 4.02. The molecule has 1 aliphatic rings. The molecule has 0 spiro atoms. The van der Waals surface area contributed by atoms with Crippen molar-refractivity contribution >= 4 is 18.2 Å². The average Bonchev–Trinajstić information content (AvgIpc) is 2.39. The van der Waals surface area contributed by atoms with Crippen molar-refractivity contribution in [1.29, 1.82) is 0 Å². The molecule has 1 saturated heterocycles. The quantitative estimate of drug-likeness (QED) is 0.503. The van der Waals surface area contributed by atoms with E-state index in [2.05, 4.69) is 0 Å². The van der Waals surface area contributed by atoms with Gasteiger partial charge in [0.1, 0.15) is 12.3 Å². The lowest BCUT2D eigenvalue weighted by atomic mass is 10.0. The van der Waals surface area contributed by atoms with E-state index in [1.54, 1.807) is 0 Å². The molecule has 1 fully saturated rings. The minimum Gasteiger partial charge on any atom is -0.312 e.